The summed E-state index contributed by atoms with van der Waals surface area (Å²) in [5.41, 5.74) is -0.196. The minimum atomic E-state index is -0.196. The van der Waals surface area contributed by atoms with Crippen LogP contribution in [0.2, 0.25) is 0 Å². The lowest BCUT2D eigenvalue weighted by Crippen LogP contribution is -2.57. The van der Waals surface area contributed by atoms with E-state index < -0.39 is 0 Å². The maximum atomic E-state index is 9.40. The fourth-order valence-corrected chi connectivity index (χ4v) is 3.51. The van der Waals surface area contributed by atoms with E-state index in [2.05, 4.69) is 37.5 Å². The fraction of sp³-hybridized carbons (Fsp3) is 1.00. The maximum absolute atomic E-state index is 9.40. The Kier molecular flexibility index (Phi) is 6.03. The fourth-order valence-electron chi connectivity index (χ4n) is 3.51. The Morgan fingerprint density at radius 3 is 2.57 bits per heavy atom. The molecule has 2 aliphatic rings. The highest BCUT2D eigenvalue weighted by Crippen LogP contribution is 2.22. The Labute approximate surface area is 129 Å². The van der Waals surface area contributed by atoms with Gasteiger partial charge in [-0.1, -0.05) is 13.8 Å². The molecule has 2 saturated heterocycles. The zero-order valence-electron chi connectivity index (χ0n) is 14.0. The number of hydrogen-bond donors (Lipinski definition) is 1. The quantitative estimate of drug-likeness (QED) is 0.814. The van der Waals surface area contributed by atoms with E-state index in [4.69, 9.17) is 9.47 Å². The molecule has 2 heterocycles. The third-order valence-electron chi connectivity index (χ3n) is 4.06. The van der Waals surface area contributed by atoms with Crippen LogP contribution in [0.25, 0.3) is 0 Å². The SMILES string of the molecule is CC(C)CN1CCOC(CN2CC(CO)OC(C)(C)C2)C1. The van der Waals surface area contributed by atoms with E-state index in [-0.39, 0.29) is 24.4 Å². The summed E-state index contributed by atoms with van der Waals surface area (Å²) in [6, 6.07) is 0. The molecule has 0 bridgehead atoms. The first-order valence-corrected chi connectivity index (χ1v) is 8.23. The third-order valence-corrected chi connectivity index (χ3v) is 4.06. The minimum absolute atomic E-state index is 0.0795. The largest absolute Gasteiger partial charge is 0.394 e. The molecule has 5 heteroatoms. The first-order valence-electron chi connectivity index (χ1n) is 8.23. The normalized spacial score (nSPS) is 31.7. The van der Waals surface area contributed by atoms with Gasteiger partial charge in [0, 0.05) is 39.3 Å². The molecule has 5 nitrogen and oxygen atoms in total. The second-order valence-electron chi connectivity index (χ2n) is 7.52. The predicted octanol–water partition coefficient (Wildman–Crippen LogP) is 0.815. The van der Waals surface area contributed by atoms with Crippen molar-refractivity contribution in [1.29, 1.82) is 0 Å². The van der Waals surface area contributed by atoms with Gasteiger partial charge in [-0.05, 0) is 19.8 Å². The number of aliphatic hydroxyl groups is 1. The Bertz CT molecular complexity index is 323. The molecule has 2 fully saturated rings. The summed E-state index contributed by atoms with van der Waals surface area (Å²) in [4.78, 5) is 4.89. The van der Waals surface area contributed by atoms with Gasteiger partial charge in [0.25, 0.3) is 0 Å². The molecule has 0 radical (unpaired) electrons. The smallest absolute Gasteiger partial charge is 0.0940 e. The van der Waals surface area contributed by atoms with Crippen LogP contribution in [0.4, 0.5) is 0 Å². The molecule has 0 saturated carbocycles. The van der Waals surface area contributed by atoms with Gasteiger partial charge in [-0.2, -0.15) is 0 Å². The second-order valence-corrected chi connectivity index (χ2v) is 7.52. The van der Waals surface area contributed by atoms with Gasteiger partial charge in [0.05, 0.1) is 31.0 Å². The summed E-state index contributed by atoms with van der Waals surface area (Å²) in [6.07, 6.45) is 0.190. The van der Waals surface area contributed by atoms with E-state index >= 15 is 0 Å². The van der Waals surface area contributed by atoms with Crippen LogP contribution < -0.4 is 0 Å². The summed E-state index contributed by atoms with van der Waals surface area (Å²) >= 11 is 0. The summed E-state index contributed by atoms with van der Waals surface area (Å²) in [6.45, 7) is 15.5. The minimum Gasteiger partial charge on any atom is -0.394 e. The van der Waals surface area contributed by atoms with Crippen LogP contribution in [0.15, 0.2) is 0 Å². The number of rotatable bonds is 5. The van der Waals surface area contributed by atoms with Crippen LogP contribution in [0.1, 0.15) is 27.7 Å². The van der Waals surface area contributed by atoms with Crippen LogP contribution in [0, 0.1) is 5.92 Å². The second kappa shape index (κ2) is 7.38. The molecule has 2 atom stereocenters. The molecule has 2 aliphatic heterocycles. The molecular formula is C16H32N2O3. The van der Waals surface area contributed by atoms with Gasteiger partial charge >= 0.3 is 0 Å². The lowest BCUT2D eigenvalue weighted by Gasteiger charge is -2.44. The number of aliphatic hydroxyl groups excluding tert-OH is 1. The number of nitrogens with zero attached hydrogens (tertiary/aromatic N) is 2. The topological polar surface area (TPSA) is 45.2 Å². The van der Waals surface area contributed by atoms with E-state index in [9.17, 15) is 5.11 Å². The lowest BCUT2D eigenvalue weighted by atomic mass is 10.0. The third kappa shape index (κ3) is 5.49. The molecular weight excluding hydrogens is 268 g/mol. The molecule has 0 amide bonds. The van der Waals surface area contributed by atoms with Crippen molar-refractivity contribution in [1.82, 2.24) is 9.80 Å². The monoisotopic (exact) mass is 300 g/mol. The first-order chi connectivity index (χ1) is 9.88. The van der Waals surface area contributed by atoms with Gasteiger partial charge in [0.1, 0.15) is 0 Å². The molecule has 0 aromatic carbocycles. The summed E-state index contributed by atoms with van der Waals surface area (Å²) < 4.78 is 11.8. The van der Waals surface area contributed by atoms with Crippen molar-refractivity contribution >= 4 is 0 Å². The van der Waals surface area contributed by atoms with Gasteiger partial charge < -0.3 is 14.6 Å². The van der Waals surface area contributed by atoms with Gasteiger partial charge in [0.15, 0.2) is 0 Å². The predicted molar refractivity (Wildman–Crippen MR) is 83.5 cm³/mol. The van der Waals surface area contributed by atoms with Crippen LogP contribution in [0.3, 0.4) is 0 Å². The number of ether oxygens (including phenoxy) is 2. The first kappa shape index (κ1) is 17.2. The van der Waals surface area contributed by atoms with E-state index in [1.165, 1.54) is 0 Å². The Morgan fingerprint density at radius 1 is 1.19 bits per heavy atom. The molecule has 0 aromatic heterocycles. The number of morpholine rings is 2. The average molecular weight is 300 g/mol. The zero-order chi connectivity index (χ0) is 15.5. The van der Waals surface area contributed by atoms with Gasteiger partial charge in [-0.3, -0.25) is 9.80 Å². The Hall–Kier alpha value is -0.200. The van der Waals surface area contributed by atoms with Crippen molar-refractivity contribution < 1.29 is 14.6 Å². The van der Waals surface area contributed by atoms with Crippen LogP contribution >= 0.6 is 0 Å². The molecule has 2 rings (SSSR count). The highest BCUT2D eigenvalue weighted by Gasteiger charge is 2.34. The highest BCUT2D eigenvalue weighted by molar-refractivity contribution is 4.86. The van der Waals surface area contributed by atoms with Gasteiger partial charge in [-0.25, -0.2) is 0 Å². The van der Waals surface area contributed by atoms with E-state index in [0.29, 0.717) is 5.92 Å². The summed E-state index contributed by atoms with van der Waals surface area (Å²) in [5.74, 6) is 0.699. The molecule has 124 valence electrons. The summed E-state index contributed by atoms with van der Waals surface area (Å²) in [7, 11) is 0. The standard InChI is InChI=1S/C16H32N2O3/c1-13(2)7-17-5-6-20-14(8-17)9-18-10-15(11-19)21-16(3,4)12-18/h13-15,19H,5-12H2,1-4H3. The molecule has 0 aromatic rings. The van der Waals surface area contributed by atoms with Crippen molar-refractivity contribution in [2.75, 3.05) is 52.5 Å². The Balaban J connectivity index is 1.85. The molecule has 1 N–H and O–H groups in total. The molecule has 21 heavy (non-hydrogen) atoms. The zero-order valence-corrected chi connectivity index (χ0v) is 14.0. The maximum Gasteiger partial charge on any atom is 0.0940 e. The van der Waals surface area contributed by atoms with Crippen molar-refractivity contribution in [3.63, 3.8) is 0 Å². The van der Waals surface area contributed by atoms with Gasteiger partial charge in [-0.15, -0.1) is 0 Å². The highest BCUT2D eigenvalue weighted by atomic mass is 16.5. The molecule has 0 spiro atoms. The van der Waals surface area contributed by atoms with Crippen molar-refractivity contribution in [3.05, 3.63) is 0 Å². The van der Waals surface area contributed by atoms with E-state index in [1.807, 2.05) is 0 Å². The average Bonchev–Trinajstić information content (AvgIpc) is 2.36. The van der Waals surface area contributed by atoms with Crippen LogP contribution in [-0.4, -0.2) is 85.2 Å². The van der Waals surface area contributed by atoms with Gasteiger partial charge in [0.2, 0.25) is 0 Å². The molecule has 2 unspecified atom stereocenters. The van der Waals surface area contributed by atoms with E-state index in [1.54, 1.807) is 0 Å². The van der Waals surface area contributed by atoms with Crippen molar-refractivity contribution in [2.45, 2.75) is 45.5 Å². The van der Waals surface area contributed by atoms with Crippen molar-refractivity contribution in [3.8, 4) is 0 Å². The van der Waals surface area contributed by atoms with Crippen LogP contribution in [0.5, 0.6) is 0 Å². The number of hydrogen-bond acceptors (Lipinski definition) is 5. The van der Waals surface area contributed by atoms with Crippen LogP contribution in [-0.2, 0) is 9.47 Å². The van der Waals surface area contributed by atoms with E-state index in [0.717, 1.165) is 45.9 Å². The van der Waals surface area contributed by atoms with Crippen molar-refractivity contribution in [2.24, 2.45) is 5.92 Å². The summed E-state index contributed by atoms with van der Waals surface area (Å²) in [5, 5.41) is 9.40. The Morgan fingerprint density at radius 2 is 1.90 bits per heavy atom. The molecule has 0 aliphatic carbocycles. The lowest BCUT2D eigenvalue weighted by molar-refractivity contribution is -0.158.